The van der Waals surface area contributed by atoms with Crippen LogP contribution in [0.2, 0.25) is 0 Å². The van der Waals surface area contributed by atoms with E-state index in [1.165, 1.54) is 0 Å². The summed E-state index contributed by atoms with van der Waals surface area (Å²) >= 11 is 5.30. The van der Waals surface area contributed by atoms with Gasteiger partial charge < -0.3 is 20.5 Å². The van der Waals surface area contributed by atoms with Gasteiger partial charge in [0.25, 0.3) is 5.91 Å². The number of halogens is 1. The average molecular weight is 363 g/mol. The van der Waals surface area contributed by atoms with Gasteiger partial charge in [-0.3, -0.25) is 9.59 Å². The largest absolute Gasteiger partial charge is 0.505 e. The number of phenolic OH excluding ortho intramolecular Hbond substituents is 1. The molecule has 0 radical (unpaired) electrons. The molecule has 0 atom stereocenters. The molecule has 0 saturated heterocycles. The van der Waals surface area contributed by atoms with Gasteiger partial charge in [-0.05, 0) is 37.1 Å². The molecular weight excluding hydrogens is 344 g/mol. The average Bonchev–Trinajstić information content (AvgIpc) is 2.59. The topological polar surface area (TPSA) is 87.7 Å². The van der Waals surface area contributed by atoms with Gasteiger partial charge in [0.05, 0.1) is 11.4 Å². The van der Waals surface area contributed by atoms with Crippen molar-refractivity contribution in [2.45, 2.75) is 13.8 Å². The molecule has 6 nitrogen and oxygen atoms in total. The number of carbonyl (C=O) groups excluding carboxylic acids is 2. The van der Waals surface area contributed by atoms with Gasteiger partial charge in [-0.2, -0.15) is 0 Å². The zero-order valence-electron chi connectivity index (χ0n) is 13.9. The number of nitrogens with one attached hydrogen (secondary N) is 2. The second kappa shape index (κ2) is 8.39. The summed E-state index contributed by atoms with van der Waals surface area (Å²) in [6.45, 7) is 3.83. The van der Waals surface area contributed by atoms with Crippen LogP contribution in [0.15, 0.2) is 36.4 Å². The standard InChI is InChI=1S/C9H10ClNO2.C9H9NO2/c1-6-3-2-4-7(9(6)13)11-8(12)5-10;1-6-3-2-4-7-9(6)12-5-8(11)10-7/h2-4,13H,5H2,1H3,(H,11,12);2-4H,5H2,1H3,(H,10,11). The Morgan fingerprint density at radius 2 is 1.92 bits per heavy atom. The van der Waals surface area contributed by atoms with Crippen molar-refractivity contribution >= 4 is 34.8 Å². The van der Waals surface area contributed by atoms with Crippen molar-refractivity contribution in [1.82, 2.24) is 0 Å². The number of amides is 2. The first-order valence-corrected chi connectivity index (χ1v) is 8.12. The number of benzene rings is 2. The summed E-state index contributed by atoms with van der Waals surface area (Å²) in [4.78, 5) is 21.8. The van der Waals surface area contributed by atoms with Crippen LogP contribution >= 0.6 is 11.6 Å². The first-order valence-electron chi connectivity index (χ1n) is 7.59. The fraction of sp³-hybridized carbons (Fsp3) is 0.222. The molecule has 0 aromatic heterocycles. The van der Waals surface area contributed by atoms with Crippen LogP contribution in [0.5, 0.6) is 11.5 Å². The Morgan fingerprint density at radius 1 is 1.24 bits per heavy atom. The van der Waals surface area contributed by atoms with Gasteiger partial charge in [-0.15, -0.1) is 11.6 Å². The van der Waals surface area contributed by atoms with Crippen LogP contribution in [0, 0.1) is 13.8 Å². The minimum Gasteiger partial charge on any atom is -0.505 e. The summed E-state index contributed by atoms with van der Waals surface area (Å²) in [5, 5.41) is 14.7. The minimum atomic E-state index is -0.331. The van der Waals surface area contributed by atoms with Crippen LogP contribution in [0.25, 0.3) is 0 Å². The van der Waals surface area contributed by atoms with Crippen molar-refractivity contribution in [3.05, 3.63) is 47.5 Å². The normalized spacial score (nSPS) is 12.0. The summed E-state index contributed by atoms with van der Waals surface area (Å²) in [5.41, 5.74) is 2.93. The van der Waals surface area contributed by atoms with Gasteiger partial charge >= 0.3 is 0 Å². The van der Waals surface area contributed by atoms with E-state index < -0.39 is 0 Å². The van der Waals surface area contributed by atoms with Crippen LogP contribution in [-0.2, 0) is 9.59 Å². The van der Waals surface area contributed by atoms with Crippen molar-refractivity contribution in [1.29, 1.82) is 0 Å². The van der Waals surface area contributed by atoms with Crippen molar-refractivity contribution in [2.24, 2.45) is 0 Å². The van der Waals surface area contributed by atoms with E-state index in [-0.39, 0.29) is 30.1 Å². The molecule has 0 fully saturated rings. The van der Waals surface area contributed by atoms with E-state index in [4.69, 9.17) is 16.3 Å². The number of para-hydroxylation sites is 2. The highest BCUT2D eigenvalue weighted by molar-refractivity contribution is 6.29. The van der Waals surface area contributed by atoms with Crippen LogP contribution < -0.4 is 15.4 Å². The Balaban J connectivity index is 0.000000181. The lowest BCUT2D eigenvalue weighted by Gasteiger charge is -2.19. The summed E-state index contributed by atoms with van der Waals surface area (Å²) in [5.74, 6) is 0.335. The van der Waals surface area contributed by atoms with E-state index in [2.05, 4.69) is 10.6 Å². The number of rotatable bonds is 2. The molecule has 1 aliphatic rings. The molecule has 0 bridgehead atoms. The maximum absolute atomic E-state index is 10.9. The third kappa shape index (κ3) is 4.87. The molecule has 0 spiro atoms. The Labute approximate surface area is 150 Å². The van der Waals surface area contributed by atoms with E-state index >= 15 is 0 Å². The number of aromatic hydroxyl groups is 1. The molecule has 25 heavy (non-hydrogen) atoms. The Hall–Kier alpha value is -2.73. The zero-order valence-corrected chi connectivity index (χ0v) is 14.7. The fourth-order valence-corrected chi connectivity index (χ4v) is 2.28. The predicted molar refractivity (Wildman–Crippen MR) is 97.5 cm³/mol. The molecule has 1 heterocycles. The zero-order chi connectivity index (χ0) is 18.4. The summed E-state index contributed by atoms with van der Waals surface area (Å²) in [6, 6.07) is 10.8. The van der Waals surface area contributed by atoms with Crippen molar-refractivity contribution in [3.8, 4) is 11.5 Å². The number of alkyl halides is 1. The number of phenols is 1. The van der Waals surface area contributed by atoms with Gasteiger partial charge in [0.1, 0.15) is 17.4 Å². The van der Waals surface area contributed by atoms with Crippen LogP contribution in [0.3, 0.4) is 0 Å². The maximum atomic E-state index is 10.9. The molecule has 0 saturated carbocycles. The van der Waals surface area contributed by atoms with Gasteiger partial charge in [0.2, 0.25) is 5.91 Å². The first-order chi connectivity index (χ1) is 11.9. The van der Waals surface area contributed by atoms with E-state index in [1.54, 1.807) is 25.1 Å². The molecular formula is C18H19ClN2O4. The number of fused-ring (bicyclic) bond motifs is 1. The van der Waals surface area contributed by atoms with Crippen molar-refractivity contribution in [2.75, 3.05) is 23.1 Å². The summed E-state index contributed by atoms with van der Waals surface area (Å²) < 4.78 is 5.25. The lowest BCUT2D eigenvalue weighted by Crippen LogP contribution is -2.25. The molecule has 2 amide bonds. The molecule has 3 N–H and O–H groups in total. The number of aryl methyl sites for hydroxylation is 2. The van der Waals surface area contributed by atoms with Gasteiger partial charge in [-0.1, -0.05) is 24.3 Å². The quantitative estimate of drug-likeness (QED) is 0.565. The summed E-state index contributed by atoms with van der Waals surface area (Å²) in [7, 11) is 0. The van der Waals surface area contributed by atoms with Crippen LogP contribution in [-0.4, -0.2) is 29.4 Å². The lowest BCUT2D eigenvalue weighted by atomic mass is 10.2. The molecule has 1 aliphatic heterocycles. The number of hydrogen-bond acceptors (Lipinski definition) is 4. The number of hydrogen-bond donors (Lipinski definition) is 3. The Morgan fingerprint density at radius 3 is 2.64 bits per heavy atom. The van der Waals surface area contributed by atoms with Gasteiger partial charge in [0, 0.05) is 0 Å². The van der Waals surface area contributed by atoms with Crippen LogP contribution in [0.1, 0.15) is 11.1 Å². The van der Waals surface area contributed by atoms with Gasteiger partial charge in [0.15, 0.2) is 6.61 Å². The van der Waals surface area contributed by atoms with Crippen LogP contribution in [0.4, 0.5) is 11.4 Å². The predicted octanol–water partition coefficient (Wildman–Crippen LogP) is 3.20. The molecule has 0 aliphatic carbocycles. The SMILES string of the molecule is Cc1cccc(NC(=O)CCl)c1O.Cc1cccc2c1OCC(=O)N2. The third-order valence-electron chi connectivity index (χ3n) is 3.47. The summed E-state index contributed by atoms with van der Waals surface area (Å²) in [6.07, 6.45) is 0. The third-order valence-corrected chi connectivity index (χ3v) is 3.71. The van der Waals surface area contributed by atoms with E-state index in [9.17, 15) is 14.7 Å². The second-order valence-electron chi connectivity index (χ2n) is 5.44. The first kappa shape index (κ1) is 18.6. The number of anilines is 2. The molecule has 7 heteroatoms. The Bertz CT molecular complexity index is 793. The maximum Gasteiger partial charge on any atom is 0.262 e. The molecule has 2 aromatic rings. The highest BCUT2D eigenvalue weighted by Gasteiger charge is 2.16. The second-order valence-corrected chi connectivity index (χ2v) is 5.71. The van der Waals surface area contributed by atoms with Crippen molar-refractivity contribution in [3.63, 3.8) is 0 Å². The van der Waals surface area contributed by atoms with E-state index in [1.807, 2.05) is 25.1 Å². The smallest absolute Gasteiger partial charge is 0.262 e. The highest BCUT2D eigenvalue weighted by Crippen LogP contribution is 2.30. The molecule has 0 unspecified atom stereocenters. The minimum absolute atomic E-state index is 0.0842. The Kier molecular flexibility index (Phi) is 6.25. The molecule has 2 aromatic carbocycles. The molecule has 3 rings (SSSR count). The fourth-order valence-electron chi connectivity index (χ4n) is 2.21. The van der Waals surface area contributed by atoms with E-state index in [0.717, 1.165) is 17.0 Å². The number of ether oxygens (including phenoxy) is 1. The highest BCUT2D eigenvalue weighted by atomic mass is 35.5. The van der Waals surface area contributed by atoms with Gasteiger partial charge in [-0.25, -0.2) is 0 Å². The van der Waals surface area contributed by atoms with E-state index in [0.29, 0.717) is 11.3 Å². The number of carbonyl (C=O) groups is 2. The molecule has 132 valence electrons. The van der Waals surface area contributed by atoms with Crippen molar-refractivity contribution < 1.29 is 19.4 Å². The lowest BCUT2D eigenvalue weighted by molar-refractivity contribution is -0.118. The monoisotopic (exact) mass is 362 g/mol.